The molecule has 1 aromatic carbocycles. The van der Waals surface area contributed by atoms with E-state index in [0.717, 1.165) is 57.2 Å². The number of hydrogen-bond donors (Lipinski definition) is 0. The zero-order valence-electron chi connectivity index (χ0n) is 18.5. The molecule has 3 aromatic rings. The lowest BCUT2D eigenvalue weighted by Crippen LogP contribution is -2.42. The zero-order valence-corrected chi connectivity index (χ0v) is 20.1. The Morgan fingerprint density at radius 2 is 1.73 bits per heavy atom. The maximum absolute atomic E-state index is 13.5. The van der Waals surface area contributed by atoms with Crippen molar-refractivity contribution in [2.75, 3.05) is 13.1 Å². The van der Waals surface area contributed by atoms with Crippen molar-refractivity contribution >= 4 is 39.1 Å². The highest BCUT2D eigenvalue weighted by Crippen LogP contribution is 2.31. The van der Waals surface area contributed by atoms with Crippen LogP contribution in [0, 0.1) is 11.8 Å². The fourth-order valence-corrected chi connectivity index (χ4v) is 6.33. The first-order valence-corrected chi connectivity index (χ1v) is 13.0. The molecule has 2 aromatic heterocycles. The van der Waals surface area contributed by atoms with E-state index in [1.165, 1.54) is 15.9 Å². The van der Waals surface area contributed by atoms with Crippen LogP contribution in [0.25, 0.3) is 10.2 Å². The first-order chi connectivity index (χ1) is 16.0. The second-order valence-corrected chi connectivity index (χ2v) is 10.6. The van der Waals surface area contributed by atoms with E-state index < -0.39 is 0 Å². The Morgan fingerprint density at radius 3 is 2.45 bits per heavy atom. The third kappa shape index (κ3) is 4.41. The van der Waals surface area contributed by atoms with Gasteiger partial charge in [0.05, 0.1) is 12.1 Å². The van der Waals surface area contributed by atoms with Crippen molar-refractivity contribution in [3.05, 3.63) is 67.1 Å². The molecule has 8 heteroatoms. The minimum Gasteiger partial charge on any atom is -0.342 e. The number of likely N-dealkylation sites (tertiary alicyclic amines) is 1. The summed E-state index contributed by atoms with van der Waals surface area (Å²) in [6, 6.07) is 9.31. The molecule has 0 unspecified atom stereocenters. The summed E-state index contributed by atoms with van der Waals surface area (Å²) in [5.41, 5.74) is 1.00. The molecule has 0 atom stereocenters. The summed E-state index contributed by atoms with van der Waals surface area (Å²) in [5.74, 6) is 0.613. The Hall–Kier alpha value is -2.38. The van der Waals surface area contributed by atoms with Crippen LogP contribution in [0.1, 0.15) is 44.1 Å². The summed E-state index contributed by atoms with van der Waals surface area (Å²) >= 11 is 7.72. The van der Waals surface area contributed by atoms with Crippen molar-refractivity contribution in [2.24, 2.45) is 11.8 Å². The fourth-order valence-electron chi connectivity index (χ4n) is 5.29. The number of carbonyl (C=O) groups excluding carboxylic acids is 1. The molecule has 3 heterocycles. The third-order valence-electron chi connectivity index (χ3n) is 7.18. The normalized spacial score (nSPS) is 21.1. The smallest absolute Gasteiger partial charge is 0.331 e. The standard InChI is InChI=1S/C25H28ClN3O3S/c26-20-6-2-1-5-19(20)16-28-21-11-14-33-22(21)24(31)29(25(28)32)15-17-7-9-18(10-8-17)23(30)27-12-3-4-13-27/h1-2,5-6,11,14,17-18H,3-4,7-10,12-13,15-16H2. The van der Waals surface area contributed by atoms with Crippen LogP contribution in [0.15, 0.2) is 45.3 Å². The molecule has 0 radical (unpaired) electrons. The Kier molecular flexibility index (Phi) is 6.43. The molecule has 0 spiro atoms. The number of rotatable bonds is 5. The summed E-state index contributed by atoms with van der Waals surface area (Å²) in [5, 5.41) is 2.46. The second-order valence-electron chi connectivity index (χ2n) is 9.26. The van der Waals surface area contributed by atoms with Gasteiger partial charge in [0, 0.05) is 30.6 Å². The SMILES string of the molecule is O=C(C1CCC(Cn2c(=O)c3sccc3n(Cc3ccccc3Cl)c2=O)CC1)N1CCCC1. The predicted molar refractivity (Wildman–Crippen MR) is 132 cm³/mol. The first kappa shape index (κ1) is 22.4. The van der Waals surface area contributed by atoms with Gasteiger partial charge in [-0.15, -0.1) is 11.3 Å². The van der Waals surface area contributed by atoms with Crippen LogP contribution >= 0.6 is 22.9 Å². The molecule has 5 rings (SSSR count). The zero-order chi connectivity index (χ0) is 22.9. The lowest BCUT2D eigenvalue weighted by molar-refractivity contribution is -0.135. The molecule has 174 valence electrons. The number of nitrogens with zero attached hydrogens (tertiary/aromatic N) is 3. The van der Waals surface area contributed by atoms with E-state index in [9.17, 15) is 14.4 Å². The molecule has 0 N–H and O–H groups in total. The van der Waals surface area contributed by atoms with E-state index in [-0.39, 0.29) is 23.1 Å². The van der Waals surface area contributed by atoms with E-state index in [1.807, 2.05) is 40.6 Å². The Bertz CT molecular complexity index is 1280. The average molecular weight is 486 g/mol. The molecule has 1 aliphatic heterocycles. The van der Waals surface area contributed by atoms with Gasteiger partial charge >= 0.3 is 5.69 Å². The van der Waals surface area contributed by atoms with E-state index in [1.54, 1.807) is 4.57 Å². The minimum atomic E-state index is -0.291. The Labute approximate surface area is 201 Å². The van der Waals surface area contributed by atoms with Gasteiger partial charge < -0.3 is 4.90 Å². The monoisotopic (exact) mass is 485 g/mol. The highest BCUT2D eigenvalue weighted by atomic mass is 35.5. The van der Waals surface area contributed by atoms with Crippen LogP contribution in [0.5, 0.6) is 0 Å². The number of fused-ring (bicyclic) bond motifs is 1. The van der Waals surface area contributed by atoms with Crippen molar-refractivity contribution in [1.82, 2.24) is 14.0 Å². The van der Waals surface area contributed by atoms with Crippen molar-refractivity contribution in [2.45, 2.75) is 51.6 Å². The summed E-state index contributed by atoms with van der Waals surface area (Å²) in [4.78, 5) is 41.4. The maximum atomic E-state index is 13.5. The topological polar surface area (TPSA) is 64.3 Å². The van der Waals surface area contributed by atoms with Gasteiger partial charge in [-0.3, -0.25) is 18.7 Å². The van der Waals surface area contributed by atoms with Crippen LogP contribution in [0.4, 0.5) is 0 Å². The number of amides is 1. The van der Waals surface area contributed by atoms with Crippen LogP contribution in [0.2, 0.25) is 5.02 Å². The molecule has 1 aliphatic carbocycles. The van der Waals surface area contributed by atoms with Crippen LogP contribution in [0.3, 0.4) is 0 Å². The quantitative estimate of drug-likeness (QED) is 0.539. The molecule has 1 saturated heterocycles. The van der Waals surface area contributed by atoms with Crippen LogP contribution in [-0.2, 0) is 17.9 Å². The molecule has 33 heavy (non-hydrogen) atoms. The van der Waals surface area contributed by atoms with Gasteiger partial charge in [-0.2, -0.15) is 0 Å². The number of benzene rings is 1. The van der Waals surface area contributed by atoms with Crippen molar-refractivity contribution < 1.29 is 4.79 Å². The van der Waals surface area contributed by atoms with E-state index in [0.29, 0.717) is 34.2 Å². The van der Waals surface area contributed by atoms with Crippen molar-refractivity contribution in [1.29, 1.82) is 0 Å². The van der Waals surface area contributed by atoms with E-state index >= 15 is 0 Å². The van der Waals surface area contributed by atoms with Gasteiger partial charge in [-0.05, 0) is 67.5 Å². The summed E-state index contributed by atoms with van der Waals surface area (Å²) in [6.07, 6.45) is 5.62. The summed E-state index contributed by atoms with van der Waals surface area (Å²) < 4.78 is 3.67. The lowest BCUT2D eigenvalue weighted by Gasteiger charge is -2.30. The lowest BCUT2D eigenvalue weighted by atomic mass is 9.81. The largest absolute Gasteiger partial charge is 0.342 e. The molecule has 2 aliphatic rings. The molecule has 6 nitrogen and oxygen atoms in total. The van der Waals surface area contributed by atoms with E-state index in [2.05, 4.69) is 0 Å². The minimum absolute atomic E-state index is 0.0905. The van der Waals surface area contributed by atoms with E-state index in [4.69, 9.17) is 11.6 Å². The van der Waals surface area contributed by atoms with Crippen molar-refractivity contribution in [3.63, 3.8) is 0 Å². The van der Waals surface area contributed by atoms with Gasteiger partial charge in [-0.25, -0.2) is 4.79 Å². The molecule has 2 fully saturated rings. The third-order valence-corrected chi connectivity index (χ3v) is 8.44. The number of aromatic nitrogens is 2. The van der Waals surface area contributed by atoms with Crippen LogP contribution in [-0.4, -0.2) is 33.0 Å². The predicted octanol–water partition coefficient (Wildman–Crippen LogP) is 4.36. The van der Waals surface area contributed by atoms with Gasteiger partial charge in [-0.1, -0.05) is 29.8 Å². The maximum Gasteiger partial charge on any atom is 0.331 e. The molecular weight excluding hydrogens is 458 g/mol. The molecular formula is C25H28ClN3O3S. The Balaban J connectivity index is 1.38. The average Bonchev–Trinajstić information content (AvgIpc) is 3.53. The fraction of sp³-hybridized carbons (Fsp3) is 0.480. The highest BCUT2D eigenvalue weighted by Gasteiger charge is 2.31. The van der Waals surface area contributed by atoms with Crippen LogP contribution < -0.4 is 11.2 Å². The molecule has 0 bridgehead atoms. The highest BCUT2D eigenvalue weighted by molar-refractivity contribution is 7.17. The number of thiophene rings is 1. The number of halogens is 1. The molecule has 1 amide bonds. The molecule has 1 saturated carbocycles. The van der Waals surface area contributed by atoms with Gasteiger partial charge in [0.1, 0.15) is 4.70 Å². The summed E-state index contributed by atoms with van der Waals surface area (Å²) in [6.45, 7) is 2.50. The summed E-state index contributed by atoms with van der Waals surface area (Å²) in [7, 11) is 0. The van der Waals surface area contributed by atoms with Gasteiger partial charge in [0.2, 0.25) is 5.91 Å². The number of hydrogen-bond acceptors (Lipinski definition) is 4. The van der Waals surface area contributed by atoms with Gasteiger partial charge in [0.15, 0.2) is 0 Å². The first-order valence-electron chi connectivity index (χ1n) is 11.8. The number of carbonyl (C=O) groups is 1. The second kappa shape index (κ2) is 9.47. The van der Waals surface area contributed by atoms with Crippen molar-refractivity contribution in [3.8, 4) is 0 Å². The van der Waals surface area contributed by atoms with Gasteiger partial charge in [0.25, 0.3) is 5.56 Å². The Morgan fingerprint density at radius 1 is 1.00 bits per heavy atom.